The summed E-state index contributed by atoms with van der Waals surface area (Å²) in [5.41, 5.74) is -1.83. The highest BCUT2D eigenvalue weighted by Gasteiger charge is 2.55. The van der Waals surface area contributed by atoms with Crippen molar-refractivity contribution in [1.82, 2.24) is 5.32 Å². The van der Waals surface area contributed by atoms with Crippen LogP contribution in [-0.2, 0) is 19.9 Å². The number of aromatic hydroxyl groups is 1. The standard InChI is InChI=1S/C31H37NO7/c1-6-19-8-7-9-20(12-16(2)3)39-30(37)18(5)14-22-29(36)32-25-15-24(34)26-21(31(22,25)38)13-17(4)28(35)27(26)23(33)11-10-19/h7-8,13-16,19-20,22,35,38H,6,9-12H2,1-5H3,(H,32,36)/b8-7-,18-14-/t19-,20+,22-,31-/m0/s1. The third-order valence-corrected chi connectivity index (χ3v) is 7.92. The quantitative estimate of drug-likeness (QED) is 0.382. The van der Waals surface area contributed by atoms with E-state index in [2.05, 4.69) is 5.32 Å². The van der Waals surface area contributed by atoms with Crippen molar-refractivity contribution in [3.05, 3.63) is 63.9 Å². The average Bonchev–Trinajstić information content (AvgIpc) is 3.10. The molecule has 1 fully saturated rings. The molecule has 208 valence electrons. The first-order valence-electron chi connectivity index (χ1n) is 13.6. The number of Topliss-reactive ketones (excluding diaryl/α,β-unsaturated/α-hetero) is 1. The molecule has 1 aromatic carbocycles. The van der Waals surface area contributed by atoms with Crippen LogP contribution in [0.1, 0.15) is 91.6 Å². The zero-order valence-corrected chi connectivity index (χ0v) is 23.2. The van der Waals surface area contributed by atoms with Crippen molar-refractivity contribution in [2.24, 2.45) is 17.8 Å². The van der Waals surface area contributed by atoms with Gasteiger partial charge in [0.15, 0.2) is 11.6 Å². The van der Waals surface area contributed by atoms with E-state index in [-0.39, 0.29) is 58.1 Å². The monoisotopic (exact) mass is 535 g/mol. The van der Waals surface area contributed by atoms with E-state index in [0.29, 0.717) is 24.8 Å². The van der Waals surface area contributed by atoms with Crippen molar-refractivity contribution in [3.8, 4) is 5.75 Å². The second-order valence-corrected chi connectivity index (χ2v) is 11.3. The fraction of sp³-hybridized carbons (Fsp3) is 0.484. The first-order chi connectivity index (χ1) is 18.4. The van der Waals surface area contributed by atoms with Crippen LogP contribution in [0.5, 0.6) is 5.75 Å². The van der Waals surface area contributed by atoms with Crippen LogP contribution < -0.4 is 5.32 Å². The van der Waals surface area contributed by atoms with E-state index in [0.717, 1.165) is 12.5 Å². The van der Waals surface area contributed by atoms with Gasteiger partial charge in [0.25, 0.3) is 0 Å². The molecule has 1 aromatic rings. The van der Waals surface area contributed by atoms with E-state index in [4.69, 9.17) is 4.74 Å². The summed E-state index contributed by atoms with van der Waals surface area (Å²) in [6.45, 7) is 9.20. The molecule has 0 radical (unpaired) electrons. The summed E-state index contributed by atoms with van der Waals surface area (Å²) in [5, 5.41) is 25.6. The lowest BCUT2D eigenvalue weighted by atomic mass is 9.72. The predicted molar refractivity (Wildman–Crippen MR) is 145 cm³/mol. The van der Waals surface area contributed by atoms with Crippen LogP contribution >= 0.6 is 0 Å². The minimum absolute atomic E-state index is 0.0262. The molecular weight excluding hydrogens is 498 g/mol. The van der Waals surface area contributed by atoms with E-state index in [1.54, 1.807) is 6.92 Å². The van der Waals surface area contributed by atoms with Crippen molar-refractivity contribution in [2.75, 3.05) is 0 Å². The molecule has 8 heteroatoms. The molecule has 0 spiro atoms. The van der Waals surface area contributed by atoms with E-state index in [1.807, 2.05) is 32.9 Å². The van der Waals surface area contributed by atoms with Crippen LogP contribution in [0, 0.1) is 24.7 Å². The van der Waals surface area contributed by atoms with Crippen molar-refractivity contribution in [3.63, 3.8) is 0 Å². The van der Waals surface area contributed by atoms with Crippen LogP contribution in [0.2, 0.25) is 0 Å². The van der Waals surface area contributed by atoms with Gasteiger partial charge >= 0.3 is 5.97 Å². The Hall–Kier alpha value is -3.52. The number of allylic oxidation sites excluding steroid dienone is 2. The zero-order chi connectivity index (χ0) is 28.6. The van der Waals surface area contributed by atoms with Gasteiger partial charge in [0.1, 0.15) is 17.5 Å². The lowest BCUT2D eigenvalue weighted by Gasteiger charge is -2.34. The highest BCUT2D eigenvalue weighted by molar-refractivity contribution is 6.17. The van der Waals surface area contributed by atoms with E-state index in [1.165, 1.54) is 19.1 Å². The Morgan fingerprint density at radius 3 is 2.54 bits per heavy atom. The number of phenols is 1. The number of carbonyl (C=O) groups excluding carboxylic acids is 4. The normalized spacial score (nSPS) is 29.8. The highest BCUT2D eigenvalue weighted by Crippen LogP contribution is 2.49. The van der Waals surface area contributed by atoms with Gasteiger partial charge in [-0.25, -0.2) is 4.79 Å². The second-order valence-electron chi connectivity index (χ2n) is 11.3. The molecule has 0 saturated carbocycles. The second kappa shape index (κ2) is 10.9. The number of nitrogens with one attached hydrogen (secondary N) is 1. The lowest BCUT2D eigenvalue weighted by Crippen LogP contribution is -2.39. The fourth-order valence-electron chi connectivity index (χ4n) is 5.74. The smallest absolute Gasteiger partial charge is 0.333 e. The number of amides is 1. The summed E-state index contributed by atoms with van der Waals surface area (Å²) in [6.07, 6.45) is 8.57. The van der Waals surface area contributed by atoms with Gasteiger partial charge in [-0.15, -0.1) is 0 Å². The molecule has 2 heterocycles. The molecule has 1 saturated heterocycles. The van der Waals surface area contributed by atoms with Crippen LogP contribution in [0.3, 0.4) is 0 Å². The van der Waals surface area contributed by atoms with Gasteiger partial charge in [-0.1, -0.05) is 39.0 Å². The first-order valence-corrected chi connectivity index (χ1v) is 13.6. The van der Waals surface area contributed by atoms with Crippen LogP contribution in [0.4, 0.5) is 0 Å². The van der Waals surface area contributed by atoms with Crippen molar-refractivity contribution in [1.29, 1.82) is 0 Å². The first kappa shape index (κ1) is 28.5. The highest BCUT2D eigenvalue weighted by atomic mass is 16.5. The summed E-state index contributed by atoms with van der Waals surface area (Å²) in [6, 6.07) is 1.44. The summed E-state index contributed by atoms with van der Waals surface area (Å²) >= 11 is 0. The van der Waals surface area contributed by atoms with Gasteiger partial charge < -0.3 is 20.3 Å². The van der Waals surface area contributed by atoms with Gasteiger partial charge in [-0.3, -0.25) is 14.4 Å². The Bertz CT molecular complexity index is 1320. The third-order valence-electron chi connectivity index (χ3n) is 7.92. The Balaban J connectivity index is 1.91. The molecule has 0 aromatic heterocycles. The number of ether oxygens (including phenoxy) is 1. The zero-order valence-electron chi connectivity index (χ0n) is 23.2. The minimum Gasteiger partial charge on any atom is -0.507 e. The fourth-order valence-corrected chi connectivity index (χ4v) is 5.74. The molecular formula is C31H37NO7. The number of aryl methyl sites for hydroxylation is 1. The number of carbonyl (C=O) groups is 4. The number of phenolic OH excluding ortho intramolecular Hbond substituents is 1. The molecule has 2 aliphatic heterocycles. The maximum absolute atomic E-state index is 13.5. The molecule has 0 unspecified atom stereocenters. The van der Waals surface area contributed by atoms with Crippen LogP contribution in [-0.4, -0.2) is 39.8 Å². The van der Waals surface area contributed by atoms with Gasteiger partial charge in [0, 0.05) is 35.6 Å². The molecule has 3 aliphatic rings. The number of benzene rings is 1. The number of hydrogen-bond acceptors (Lipinski definition) is 7. The Labute approximate surface area is 228 Å². The maximum atomic E-state index is 13.5. The van der Waals surface area contributed by atoms with Gasteiger partial charge in [-0.05, 0) is 56.6 Å². The molecule has 39 heavy (non-hydrogen) atoms. The predicted octanol–water partition coefficient (Wildman–Crippen LogP) is 4.57. The maximum Gasteiger partial charge on any atom is 0.333 e. The topological polar surface area (TPSA) is 130 Å². The van der Waals surface area contributed by atoms with Crippen LogP contribution in [0.25, 0.3) is 0 Å². The van der Waals surface area contributed by atoms with Crippen molar-refractivity contribution < 1.29 is 34.1 Å². The van der Waals surface area contributed by atoms with Crippen molar-refractivity contribution >= 4 is 23.4 Å². The molecule has 1 aliphatic carbocycles. The van der Waals surface area contributed by atoms with Gasteiger partial charge in [0.2, 0.25) is 5.91 Å². The molecule has 1 amide bonds. The summed E-state index contributed by atoms with van der Waals surface area (Å²) < 4.78 is 5.83. The molecule has 4 atom stereocenters. The summed E-state index contributed by atoms with van der Waals surface area (Å²) in [4.78, 5) is 53.0. The number of ketones is 2. The SMILES string of the molecule is CC[C@H]1/C=C\C[C@H](CC(C)C)OC(=O)/C(C)=C\[C@H]2C(=O)NC3=CC(=O)c4c(cc(C)c(O)c4C(=O)CC1)[C@@]32O. The third kappa shape index (κ3) is 5.22. The number of aliphatic hydroxyl groups is 1. The van der Waals surface area contributed by atoms with Crippen molar-refractivity contribution in [2.45, 2.75) is 78.4 Å². The van der Waals surface area contributed by atoms with Crippen LogP contribution in [0.15, 0.2) is 41.6 Å². The summed E-state index contributed by atoms with van der Waals surface area (Å²) in [7, 11) is 0. The number of hydrogen-bond donors (Lipinski definition) is 3. The number of rotatable bonds is 3. The van der Waals surface area contributed by atoms with Gasteiger partial charge in [-0.2, -0.15) is 0 Å². The average molecular weight is 536 g/mol. The molecule has 4 rings (SSSR count). The Morgan fingerprint density at radius 1 is 1.15 bits per heavy atom. The minimum atomic E-state index is -2.03. The Kier molecular flexibility index (Phi) is 7.98. The summed E-state index contributed by atoms with van der Waals surface area (Å²) in [5.74, 6) is -3.42. The molecule has 4 bridgehead atoms. The molecule has 3 N–H and O–H groups in total. The van der Waals surface area contributed by atoms with E-state index < -0.39 is 35.0 Å². The van der Waals surface area contributed by atoms with E-state index >= 15 is 0 Å². The largest absolute Gasteiger partial charge is 0.507 e. The van der Waals surface area contributed by atoms with Gasteiger partial charge in [0.05, 0.1) is 17.2 Å². The number of esters is 1. The molecule has 8 nitrogen and oxygen atoms in total. The van der Waals surface area contributed by atoms with E-state index in [9.17, 15) is 29.4 Å². The lowest BCUT2D eigenvalue weighted by molar-refractivity contribution is -0.144. The Morgan fingerprint density at radius 2 is 1.87 bits per heavy atom. The number of cyclic esters (lactones) is 1.